The van der Waals surface area contributed by atoms with Crippen LogP contribution in [0.25, 0.3) is 0 Å². The van der Waals surface area contributed by atoms with E-state index in [2.05, 4.69) is 40.2 Å². The summed E-state index contributed by atoms with van der Waals surface area (Å²) >= 11 is 3.23. The topological polar surface area (TPSA) is 24.5 Å². The molecule has 1 rings (SSSR count). The quantitative estimate of drug-likeness (QED) is 0.745. The molecule has 5 heteroatoms. The number of rotatable bonds is 8. The van der Waals surface area contributed by atoms with Crippen LogP contribution in [0.2, 0.25) is 0 Å². The maximum Gasteiger partial charge on any atom is 0.128 e. The Labute approximate surface area is 116 Å². The van der Waals surface area contributed by atoms with Crippen LogP contribution < -0.4 is 10.1 Å². The minimum absolute atomic E-state index is 0.293. The van der Waals surface area contributed by atoms with Gasteiger partial charge in [0.1, 0.15) is 18.2 Å². The van der Waals surface area contributed by atoms with E-state index in [0.717, 1.165) is 26.1 Å². The summed E-state index contributed by atoms with van der Waals surface area (Å²) in [6.07, 6.45) is 1.11. The fraction of sp³-hybridized carbons (Fsp3) is 0.538. The van der Waals surface area contributed by atoms with Gasteiger partial charge in [-0.2, -0.15) is 0 Å². The van der Waals surface area contributed by atoms with Gasteiger partial charge < -0.3 is 15.0 Å². The molecule has 1 aromatic carbocycles. The average Bonchev–Trinajstić information content (AvgIpc) is 2.26. The molecule has 0 unspecified atom stereocenters. The Balaban J connectivity index is 2.10. The molecule has 0 radical (unpaired) electrons. The third kappa shape index (κ3) is 6.93. The zero-order valence-corrected chi connectivity index (χ0v) is 12.5. The predicted octanol–water partition coefficient (Wildman–Crippen LogP) is 2.51. The van der Waals surface area contributed by atoms with Crippen molar-refractivity contribution in [3.63, 3.8) is 0 Å². The summed E-state index contributed by atoms with van der Waals surface area (Å²) in [6.45, 7) is 3.35. The van der Waals surface area contributed by atoms with Crippen LogP contribution in [0.15, 0.2) is 22.7 Å². The SMILES string of the molecule is CN(C)CCCNCCOc1cc(F)cc(Br)c1. The highest BCUT2D eigenvalue weighted by molar-refractivity contribution is 9.10. The van der Waals surface area contributed by atoms with E-state index >= 15 is 0 Å². The third-order valence-electron chi connectivity index (χ3n) is 2.34. The van der Waals surface area contributed by atoms with Gasteiger partial charge in [-0.05, 0) is 45.7 Å². The summed E-state index contributed by atoms with van der Waals surface area (Å²) < 4.78 is 19.2. The molecule has 18 heavy (non-hydrogen) atoms. The molecule has 0 heterocycles. The molecule has 3 nitrogen and oxygen atoms in total. The molecule has 102 valence electrons. The average molecular weight is 319 g/mol. The minimum Gasteiger partial charge on any atom is -0.492 e. The molecular formula is C13H20BrFN2O. The molecule has 0 fully saturated rings. The smallest absolute Gasteiger partial charge is 0.128 e. The van der Waals surface area contributed by atoms with Crippen molar-refractivity contribution >= 4 is 15.9 Å². The van der Waals surface area contributed by atoms with Crippen molar-refractivity contribution in [2.45, 2.75) is 6.42 Å². The molecule has 0 amide bonds. The number of benzene rings is 1. The Morgan fingerprint density at radius 2 is 2.06 bits per heavy atom. The Kier molecular flexibility index (Phi) is 7.23. The normalized spacial score (nSPS) is 10.9. The van der Waals surface area contributed by atoms with E-state index in [0.29, 0.717) is 16.8 Å². The number of nitrogens with zero attached hydrogens (tertiary/aromatic N) is 1. The molecule has 0 bridgehead atoms. The first kappa shape index (κ1) is 15.4. The van der Waals surface area contributed by atoms with Crippen molar-refractivity contribution in [1.29, 1.82) is 0 Å². The predicted molar refractivity (Wildman–Crippen MR) is 75.6 cm³/mol. The molecule has 0 saturated heterocycles. The second kappa shape index (κ2) is 8.45. The molecule has 0 saturated carbocycles. The van der Waals surface area contributed by atoms with Crippen LogP contribution >= 0.6 is 15.9 Å². The standard InChI is InChI=1S/C13H20BrFN2O/c1-17(2)6-3-4-16-5-7-18-13-9-11(14)8-12(15)10-13/h8-10,16H,3-7H2,1-2H3. The Morgan fingerprint density at radius 3 is 2.72 bits per heavy atom. The molecule has 0 atom stereocenters. The summed E-state index contributed by atoms with van der Waals surface area (Å²) in [7, 11) is 4.12. The first-order valence-electron chi connectivity index (χ1n) is 6.02. The van der Waals surface area contributed by atoms with Crippen molar-refractivity contribution in [3.8, 4) is 5.75 Å². The summed E-state index contributed by atoms with van der Waals surface area (Å²) in [5.74, 6) is 0.260. The van der Waals surface area contributed by atoms with Crippen LogP contribution in [-0.4, -0.2) is 45.2 Å². The largest absolute Gasteiger partial charge is 0.492 e. The molecule has 1 aromatic rings. The number of hydrogen-bond acceptors (Lipinski definition) is 3. The van der Waals surface area contributed by atoms with Gasteiger partial charge in [0.15, 0.2) is 0 Å². The van der Waals surface area contributed by atoms with Crippen molar-refractivity contribution in [2.75, 3.05) is 40.3 Å². The second-order valence-electron chi connectivity index (χ2n) is 4.36. The van der Waals surface area contributed by atoms with E-state index < -0.39 is 0 Å². The Hall–Kier alpha value is -0.650. The van der Waals surface area contributed by atoms with Gasteiger partial charge in [-0.1, -0.05) is 15.9 Å². The fourth-order valence-electron chi connectivity index (χ4n) is 1.50. The van der Waals surface area contributed by atoms with Gasteiger partial charge in [-0.25, -0.2) is 4.39 Å². The van der Waals surface area contributed by atoms with E-state index in [1.54, 1.807) is 6.07 Å². The van der Waals surface area contributed by atoms with Gasteiger partial charge in [-0.3, -0.25) is 0 Å². The lowest BCUT2D eigenvalue weighted by Gasteiger charge is -2.10. The molecular weight excluding hydrogens is 299 g/mol. The van der Waals surface area contributed by atoms with Gasteiger partial charge in [0, 0.05) is 17.1 Å². The van der Waals surface area contributed by atoms with Gasteiger partial charge >= 0.3 is 0 Å². The lowest BCUT2D eigenvalue weighted by Crippen LogP contribution is -2.25. The zero-order valence-electron chi connectivity index (χ0n) is 10.9. The van der Waals surface area contributed by atoms with Crippen LogP contribution in [0.5, 0.6) is 5.75 Å². The minimum atomic E-state index is -0.293. The summed E-state index contributed by atoms with van der Waals surface area (Å²) in [6, 6.07) is 4.55. The summed E-state index contributed by atoms with van der Waals surface area (Å²) in [4.78, 5) is 2.16. The van der Waals surface area contributed by atoms with Gasteiger partial charge in [0.25, 0.3) is 0 Å². The van der Waals surface area contributed by atoms with Gasteiger partial charge in [-0.15, -0.1) is 0 Å². The lowest BCUT2D eigenvalue weighted by molar-refractivity contribution is 0.309. The van der Waals surface area contributed by atoms with Crippen molar-refractivity contribution in [2.24, 2.45) is 0 Å². The number of hydrogen-bond donors (Lipinski definition) is 1. The van der Waals surface area contributed by atoms with Crippen LogP contribution in [0.4, 0.5) is 4.39 Å². The third-order valence-corrected chi connectivity index (χ3v) is 2.80. The molecule has 0 aromatic heterocycles. The van der Waals surface area contributed by atoms with Crippen molar-refractivity contribution in [1.82, 2.24) is 10.2 Å². The van der Waals surface area contributed by atoms with Gasteiger partial charge in [0.2, 0.25) is 0 Å². The van der Waals surface area contributed by atoms with Crippen LogP contribution in [0.1, 0.15) is 6.42 Å². The Morgan fingerprint density at radius 1 is 1.28 bits per heavy atom. The first-order valence-corrected chi connectivity index (χ1v) is 6.81. The molecule has 0 aliphatic carbocycles. The Bertz CT molecular complexity index is 341. The van der Waals surface area contributed by atoms with Crippen LogP contribution in [-0.2, 0) is 0 Å². The molecule has 0 aliphatic heterocycles. The number of ether oxygens (including phenoxy) is 1. The number of nitrogens with one attached hydrogen (secondary N) is 1. The zero-order chi connectivity index (χ0) is 13.4. The van der Waals surface area contributed by atoms with Crippen LogP contribution in [0, 0.1) is 5.82 Å². The van der Waals surface area contributed by atoms with E-state index in [1.165, 1.54) is 12.1 Å². The van der Waals surface area contributed by atoms with E-state index in [4.69, 9.17) is 4.74 Å². The number of halogens is 2. The lowest BCUT2D eigenvalue weighted by atomic mass is 10.3. The summed E-state index contributed by atoms with van der Waals surface area (Å²) in [5, 5.41) is 3.28. The molecule has 1 N–H and O–H groups in total. The van der Waals surface area contributed by atoms with E-state index in [1.807, 2.05) is 0 Å². The maximum absolute atomic E-state index is 13.0. The first-order chi connectivity index (χ1) is 8.58. The van der Waals surface area contributed by atoms with E-state index in [-0.39, 0.29) is 5.82 Å². The van der Waals surface area contributed by atoms with Crippen molar-refractivity contribution in [3.05, 3.63) is 28.5 Å². The maximum atomic E-state index is 13.0. The second-order valence-corrected chi connectivity index (χ2v) is 5.28. The monoisotopic (exact) mass is 318 g/mol. The summed E-state index contributed by atoms with van der Waals surface area (Å²) in [5.41, 5.74) is 0. The van der Waals surface area contributed by atoms with Crippen LogP contribution in [0.3, 0.4) is 0 Å². The highest BCUT2D eigenvalue weighted by atomic mass is 79.9. The molecule has 0 aliphatic rings. The van der Waals surface area contributed by atoms with E-state index in [9.17, 15) is 4.39 Å². The molecule has 0 spiro atoms. The van der Waals surface area contributed by atoms with Gasteiger partial charge in [0.05, 0.1) is 0 Å². The highest BCUT2D eigenvalue weighted by Gasteiger charge is 1.99. The van der Waals surface area contributed by atoms with Crippen molar-refractivity contribution < 1.29 is 9.13 Å². The highest BCUT2D eigenvalue weighted by Crippen LogP contribution is 2.20. The fourth-order valence-corrected chi connectivity index (χ4v) is 1.94.